The lowest BCUT2D eigenvalue weighted by Gasteiger charge is -2.25. The molecule has 0 aromatic heterocycles. The Balaban J connectivity index is 4.08. The Bertz CT molecular complexity index is 1230. The molecule has 8 nitrogen and oxygen atoms in total. The topological polar surface area (TPSA) is 105 Å². The van der Waals surface area contributed by atoms with E-state index in [2.05, 4.69) is 55.6 Å². The number of rotatable bonds is 52. The van der Waals surface area contributed by atoms with Gasteiger partial charge in [0, 0.05) is 6.42 Å². The first-order valence-electron chi connectivity index (χ1n) is 28.5. The largest absolute Gasteiger partial charge is 0.472 e. The molecule has 3 N–H and O–H groups in total. The summed E-state index contributed by atoms with van der Waals surface area (Å²) in [6.45, 7) is 4.78. The van der Waals surface area contributed by atoms with Crippen molar-refractivity contribution in [1.82, 2.24) is 5.32 Å². The number of hydrogen-bond donors (Lipinski definition) is 3. The van der Waals surface area contributed by atoms with Gasteiger partial charge in [-0.1, -0.05) is 236 Å². The van der Waals surface area contributed by atoms with Crippen LogP contribution >= 0.6 is 7.82 Å². The number of phosphoric ester groups is 1. The molecule has 1 amide bonds. The molecule has 0 spiro atoms. The number of nitrogens with one attached hydrogen (secondary N) is 1. The molecular formula is C58H112N2O6P+. The quantitative estimate of drug-likeness (QED) is 0.0243. The molecule has 67 heavy (non-hydrogen) atoms. The van der Waals surface area contributed by atoms with Crippen LogP contribution in [0.3, 0.4) is 0 Å². The number of aliphatic hydroxyl groups excluding tert-OH is 1. The van der Waals surface area contributed by atoms with Crippen LogP contribution in [0.15, 0.2) is 48.6 Å². The van der Waals surface area contributed by atoms with E-state index < -0.39 is 20.0 Å². The molecule has 0 rings (SSSR count). The Morgan fingerprint density at radius 3 is 1.21 bits per heavy atom. The Kier molecular flexibility index (Phi) is 48.3. The minimum absolute atomic E-state index is 0.0538. The van der Waals surface area contributed by atoms with Crippen molar-refractivity contribution < 1.29 is 32.9 Å². The van der Waals surface area contributed by atoms with E-state index in [-0.39, 0.29) is 19.1 Å². The molecular weight excluding hydrogens is 852 g/mol. The highest BCUT2D eigenvalue weighted by molar-refractivity contribution is 7.47. The average molecular weight is 965 g/mol. The number of amides is 1. The first kappa shape index (κ1) is 65.5. The molecule has 0 aliphatic carbocycles. The van der Waals surface area contributed by atoms with E-state index in [0.717, 1.165) is 44.9 Å². The zero-order valence-electron chi connectivity index (χ0n) is 44.9. The summed E-state index contributed by atoms with van der Waals surface area (Å²) in [5.41, 5.74) is 0. The first-order valence-corrected chi connectivity index (χ1v) is 30.0. The van der Waals surface area contributed by atoms with E-state index >= 15 is 0 Å². The SMILES string of the molecule is CCCCCC/C=C/CC/C=C/CC/C=C/C(O)C(COP(=O)(O)OCC[N+](C)(C)C)NC(=O)CCCCCCCCCCCCCCCCCCCCC/C=C\CCCCCCCCCC. The summed E-state index contributed by atoms with van der Waals surface area (Å²) >= 11 is 0. The van der Waals surface area contributed by atoms with Gasteiger partial charge in [-0.25, -0.2) is 4.57 Å². The molecule has 0 fully saturated rings. The maximum Gasteiger partial charge on any atom is 0.472 e. The van der Waals surface area contributed by atoms with Gasteiger partial charge >= 0.3 is 7.82 Å². The van der Waals surface area contributed by atoms with Gasteiger partial charge in [0.1, 0.15) is 13.2 Å². The average Bonchev–Trinajstić information content (AvgIpc) is 3.29. The van der Waals surface area contributed by atoms with E-state index in [0.29, 0.717) is 17.4 Å². The summed E-state index contributed by atoms with van der Waals surface area (Å²) in [6, 6.07) is -0.868. The maximum atomic E-state index is 12.9. The number of hydrogen-bond acceptors (Lipinski definition) is 5. The third-order valence-electron chi connectivity index (χ3n) is 12.7. The Labute approximate surface area is 416 Å². The number of quaternary nitrogens is 1. The number of carbonyl (C=O) groups is 1. The van der Waals surface area contributed by atoms with E-state index in [1.165, 1.54) is 199 Å². The van der Waals surface area contributed by atoms with Crippen LogP contribution in [0.2, 0.25) is 0 Å². The van der Waals surface area contributed by atoms with Crippen LogP contribution < -0.4 is 5.32 Å². The van der Waals surface area contributed by atoms with Crippen molar-refractivity contribution in [2.24, 2.45) is 0 Å². The smallest absolute Gasteiger partial charge is 0.387 e. The number of aliphatic hydroxyl groups is 1. The fraction of sp³-hybridized carbons (Fsp3) is 0.845. The number of nitrogens with zero attached hydrogens (tertiary/aromatic N) is 1. The second-order valence-corrected chi connectivity index (χ2v) is 22.1. The summed E-state index contributed by atoms with van der Waals surface area (Å²) in [4.78, 5) is 23.2. The van der Waals surface area contributed by atoms with Gasteiger partial charge < -0.3 is 19.8 Å². The molecule has 0 radical (unpaired) electrons. The number of carbonyl (C=O) groups excluding carboxylic acids is 1. The molecule has 3 unspecified atom stereocenters. The minimum atomic E-state index is -4.35. The Morgan fingerprint density at radius 2 is 0.821 bits per heavy atom. The Morgan fingerprint density at radius 1 is 0.493 bits per heavy atom. The molecule has 3 atom stereocenters. The highest BCUT2D eigenvalue weighted by Crippen LogP contribution is 2.43. The van der Waals surface area contributed by atoms with Gasteiger partial charge in [0.05, 0.1) is 39.9 Å². The number of allylic oxidation sites excluding steroid dienone is 7. The van der Waals surface area contributed by atoms with Gasteiger partial charge in [0.2, 0.25) is 5.91 Å². The van der Waals surface area contributed by atoms with Crippen LogP contribution in [0.1, 0.15) is 264 Å². The third kappa shape index (κ3) is 52.1. The maximum absolute atomic E-state index is 12.9. The molecule has 0 aliphatic heterocycles. The number of likely N-dealkylation sites (N-methyl/N-ethyl adjacent to an activating group) is 1. The van der Waals surface area contributed by atoms with Crippen LogP contribution in [0.5, 0.6) is 0 Å². The molecule has 0 saturated heterocycles. The van der Waals surface area contributed by atoms with Crippen molar-refractivity contribution in [3.63, 3.8) is 0 Å². The van der Waals surface area contributed by atoms with Crippen LogP contribution in [-0.4, -0.2) is 73.4 Å². The van der Waals surface area contributed by atoms with Crippen LogP contribution in [0.25, 0.3) is 0 Å². The second-order valence-electron chi connectivity index (χ2n) is 20.6. The zero-order valence-corrected chi connectivity index (χ0v) is 45.8. The normalized spacial score (nSPS) is 14.3. The van der Waals surface area contributed by atoms with Gasteiger partial charge in [-0.3, -0.25) is 13.8 Å². The van der Waals surface area contributed by atoms with Crippen molar-refractivity contribution >= 4 is 13.7 Å². The molecule has 394 valence electrons. The number of phosphoric acid groups is 1. The molecule has 0 bridgehead atoms. The minimum Gasteiger partial charge on any atom is -0.387 e. The molecule has 0 aromatic carbocycles. The predicted octanol–water partition coefficient (Wildman–Crippen LogP) is 17.2. The van der Waals surface area contributed by atoms with E-state index in [1.807, 2.05) is 27.2 Å². The molecule has 0 saturated carbocycles. The summed E-state index contributed by atoms with van der Waals surface area (Å²) in [5.74, 6) is -0.189. The number of unbranched alkanes of at least 4 members (excludes halogenated alkanes) is 33. The molecule has 0 aliphatic rings. The van der Waals surface area contributed by atoms with Gasteiger partial charge in [-0.05, 0) is 70.6 Å². The van der Waals surface area contributed by atoms with Crippen molar-refractivity contribution in [1.29, 1.82) is 0 Å². The van der Waals surface area contributed by atoms with Gasteiger partial charge in [0.25, 0.3) is 0 Å². The summed E-state index contributed by atoms with van der Waals surface area (Å²) < 4.78 is 23.6. The van der Waals surface area contributed by atoms with Gasteiger partial charge in [-0.15, -0.1) is 0 Å². The highest BCUT2D eigenvalue weighted by Gasteiger charge is 2.27. The van der Waals surface area contributed by atoms with Gasteiger partial charge in [0.15, 0.2) is 0 Å². The first-order chi connectivity index (χ1) is 32.5. The van der Waals surface area contributed by atoms with E-state index in [9.17, 15) is 19.4 Å². The van der Waals surface area contributed by atoms with Crippen molar-refractivity contribution in [2.75, 3.05) is 40.9 Å². The summed E-state index contributed by atoms with van der Waals surface area (Å²) in [6.07, 6.45) is 65.1. The lowest BCUT2D eigenvalue weighted by atomic mass is 10.0. The van der Waals surface area contributed by atoms with E-state index in [4.69, 9.17) is 9.05 Å². The zero-order chi connectivity index (χ0) is 49.2. The summed E-state index contributed by atoms with van der Waals surface area (Å²) in [7, 11) is 1.55. The lowest BCUT2D eigenvalue weighted by molar-refractivity contribution is -0.870. The Hall–Kier alpha value is -1.54. The summed E-state index contributed by atoms with van der Waals surface area (Å²) in [5, 5.41) is 13.9. The van der Waals surface area contributed by atoms with Crippen molar-refractivity contribution in [3.8, 4) is 0 Å². The van der Waals surface area contributed by atoms with Crippen LogP contribution in [0, 0.1) is 0 Å². The fourth-order valence-electron chi connectivity index (χ4n) is 8.25. The van der Waals surface area contributed by atoms with Gasteiger partial charge in [-0.2, -0.15) is 0 Å². The predicted molar refractivity (Wildman–Crippen MR) is 291 cm³/mol. The molecule has 0 aromatic rings. The lowest BCUT2D eigenvalue weighted by Crippen LogP contribution is -2.45. The van der Waals surface area contributed by atoms with Crippen molar-refractivity contribution in [3.05, 3.63) is 48.6 Å². The second kappa shape index (κ2) is 49.4. The molecule has 0 heterocycles. The van der Waals surface area contributed by atoms with Crippen molar-refractivity contribution in [2.45, 2.75) is 276 Å². The highest BCUT2D eigenvalue weighted by atomic mass is 31.2. The molecule has 9 heteroatoms. The fourth-order valence-corrected chi connectivity index (χ4v) is 8.98. The monoisotopic (exact) mass is 964 g/mol. The van der Waals surface area contributed by atoms with Crippen LogP contribution in [-0.2, 0) is 18.4 Å². The standard InChI is InChI=1S/C58H111N2O6P/c1-6-8-10-12-14-16-18-20-22-23-24-25-26-27-28-29-30-31-32-33-34-35-36-37-38-40-42-44-46-48-50-52-58(62)59-56(55-66-67(63,64)65-54-53-60(3,4)5)57(61)51-49-47-45-43-41-39-21-19-17-15-13-11-9-7-2/h17,19,23-24,41,43,49,51,56-57,61H,6-16,18,20-22,25-40,42,44-48,50,52-55H2,1-5H3,(H-,59,62,63,64)/p+1/b19-17+,24-23-,43-41+,51-49+. The van der Waals surface area contributed by atoms with Crippen LogP contribution in [0.4, 0.5) is 0 Å². The third-order valence-corrected chi connectivity index (χ3v) is 13.7. The van der Waals surface area contributed by atoms with E-state index in [1.54, 1.807) is 6.08 Å².